The minimum absolute atomic E-state index is 0.0995. The van der Waals surface area contributed by atoms with Crippen LogP contribution in [0.4, 0.5) is 10.5 Å². The summed E-state index contributed by atoms with van der Waals surface area (Å²) in [4.78, 5) is 17.0. The summed E-state index contributed by atoms with van der Waals surface area (Å²) in [6.45, 7) is 5.42. The first-order chi connectivity index (χ1) is 13.8. The molecule has 2 aromatic rings. The molecule has 6 nitrogen and oxygen atoms in total. The lowest BCUT2D eigenvalue weighted by atomic mass is 10.2. The molecule has 1 unspecified atom stereocenters. The third-order valence-corrected chi connectivity index (χ3v) is 5.78. The number of amides is 2. The molecule has 1 saturated heterocycles. The second-order valence-electron chi connectivity index (χ2n) is 7.63. The summed E-state index contributed by atoms with van der Waals surface area (Å²) >= 11 is 0. The molecule has 1 aromatic carbocycles. The van der Waals surface area contributed by atoms with Gasteiger partial charge in [0.15, 0.2) is 0 Å². The van der Waals surface area contributed by atoms with Crippen molar-refractivity contribution in [3.05, 3.63) is 54.0 Å². The van der Waals surface area contributed by atoms with Crippen molar-refractivity contribution in [3.63, 3.8) is 0 Å². The number of nitrogens with zero attached hydrogens (tertiary/aromatic N) is 2. The fraction of sp³-hybridized carbons (Fsp3) is 0.500. The first-order valence-corrected chi connectivity index (χ1v) is 10.4. The Morgan fingerprint density at radius 1 is 1.07 bits per heavy atom. The Hall–Kier alpha value is -2.47. The van der Waals surface area contributed by atoms with Crippen molar-refractivity contribution in [3.8, 4) is 0 Å². The van der Waals surface area contributed by atoms with Gasteiger partial charge in [0.25, 0.3) is 0 Å². The van der Waals surface area contributed by atoms with Crippen LogP contribution in [0.1, 0.15) is 36.6 Å². The van der Waals surface area contributed by atoms with Crippen LogP contribution in [0.5, 0.6) is 0 Å². The molecule has 4 rings (SSSR count). The number of para-hydroxylation sites is 1. The summed E-state index contributed by atoms with van der Waals surface area (Å²) < 4.78 is 5.61. The minimum Gasteiger partial charge on any atom is -0.468 e. The Morgan fingerprint density at radius 3 is 2.75 bits per heavy atom. The molecule has 1 atom stereocenters. The van der Waals surface area contributed by atoms with Crippen LogP contribution in [0.15, 0.2) is 47.1 Å². The number of benzene rings is 1. The molecule has 6 heteroatoms. The Kier molecular flexibility index (Phi) is 6.17. The van der Waals surface area contributed by atoms with Crippen molar-refractivity contribution in [1.29, 1.82) is 0 Å². The number of carbonyl (C=O) groups excluding carboxylic acids is 1. The number of rotatable bonds is 8. The van der Waals surface area contributed by atoms with Gasteiger partial charge in [-0.2, -0.15) is 0 Å². The molecule has 150 valence electrons. The van der Waals surface area contributed by atoms with Gasteiger partial charge in [-0.3, -0.25) is 4.90 Å². The van der Waals surface area contributed by atoms with Gasteiger partial charge in [0.2, 0.25) is 0 Å². The Labute approximate surface area is 166 Å². The molecule has 2 aliphatic rings. The predicted octanol–water partition coefficient (Wildman–Crippen LogP) is 3.17. The summed E-state index contributed by atoms with van der Waals surface area (Å²) in [5.41, 5.74) is 2.78. The fourth-order valence-electron chi connectivity index (χ4n) is 4.31. The summed E-state index contributed by atoms with van der Waals surface area (Å²) in [5.74, 6) is 0.926. The zero-order valence-electron chi connectivity index (χ0n) is 16.4. The van der Waals surface area contributed by atoms with Crippen LogP contribution in [-0.2, 0) is 6.42 Å². The number of urea groups is 1. The maximum absolute atomic E-state index is 12.2. The Morgan fingerprint density at radius 2 is 1.93 bits per heavy atom. The van der Waals surface area contributed by atoms with E-state index in [2.05, 4.69) is 44.7 Å². The van der Waals surface area contributed by atoms with Gasteiger partial charge in [0.05, 0.1) is 12.3 Å². The van der Waals surface area contributed by atoms with Gasteiger partial charge in [-0.1, -0.05) is 18.2 Å². The molecule has 0 radical (unpaired) electrons. The Bertz CT molecular complexity index is 756. The highest BCUT2D eigenvalue weighted by Crippen LogP contribution is 2.27. The van der Waals surface area contributed by atoms with E-state index in [1.165, 1.54) is 24.1 Å². The van der Waals surface area contributed by atoms with Crippen LogP contribution in [0.3, 0.4) is 0 Å². The number of fused-ring (bicyclic) bond motifs is 1. The van der Waals surface area contributed by atoms with Crippen molar-refractivity contribution < 1.29 is 9.21 Å². The molecule has 1 aromatic heterocycles. The highest BCUT2D eigenvalue weighted by molar-refractivity contribution is 5.73. The van der Waals surface area contributed by atoms with Gasteiger partial charge in [0.1, 0.15) is 5.76 Å². The highest BCUT2D eigenvalue weighted by atomic mass is 16.3. The van der Waals surface area contributed by atoms with Gasteiger partial charge in [-0.15, -0.1) is 0 Å². The molecule has 2 amide bonds. The van der Waals surface area contributed by atoms with E-state index >= 15 is 0 Å². The topological polar surface area (TPSA) is 60.8 Å². The SMILES string of the molecule is O=C(NCCCN1CCc2ccccc21)NCC(c1ccco1)N1CCCC1. The predicted molar refractivity (Wildman–Crippen MR) is 111 cm³/mol. The number of likely N-dealkylation sites (tertiary alicyclic amines) is 1. The molecule has 0 aliphatic carbocycles. The number of furan rings is 1. The monoisotopic (exact) mass is 382 g/mol. The molecule has 0 saturated carbocycles. The number of nitrogens with one attached hydrogen (secondary N) is 2. The zero-order valence-corrected chi connectivity index (χ0v) is 16.4. The van der Waals surface area contributed by atoms with Gasteiger partial charge >= 0.3 is 6.03 Å². The van der Waals surface area contributed by atoms with Crippen molar-refractivity contribution in [2.24, 2.45) is 0 Å². The fourth-order valence-corrected chi connectivity index (χ4v) is 4.31. The maximum Gasteiger partial charge on any atom is 0.314 e. The van der Waals surface area contributed by atoms with Crippen molar-refractivity contribution in [1.82, 2.24) is 15.5 Å². The van der Waals surface area contributed by atoms with Crippen LogP contribution in [0, 0.1) is 0 Å². The normalized spacial score (nSPS) is 17.5. The van der Waals surface area contributed by atoms with Crippen molar-refractivity contribution >= 4 is 11.7 Å². The second kappa shape index (κ2) is 9.15. The quantitative estimate of drug-likeness (QED) is 0.689. The summed E-state index contributed by atoms with van der Waals surface area (Å²) in [6, 6.07) is 12.5. The van der Waals surface area contributed by atoms with E-state index in [1.807, 2.05) is 12.1 Å². The van der Waals surface area contributed by atoms with E-state index in [-0.39, 0.29) is 12.1 Å². The molecular weight excluding hydrogens is 352 g/mol. The van der Waals surface area contributed by atoms with Crippen molar-refractivity contribution in [2.75, 3.05) is 44.2 Å². The molecule has 0 bridgehead atoms. The van der Waals surface area contributed by atoms with Crippen LogP contribution in [-0.4, -0.2) is 50.2 Å². The van der Waals surface area contributed by atoms with Crippen LogP contribution >= 0.6 is 0 Å². The molecule has 28 heavy (non-hydrogen) atoms. The molecule has 2 aliphatic heterocycles. The third kappa shape index (κ3) is 4.50. The number of hydrogen-bond acceptors (Lipinski definition) is 4. The molecule has 2 N–H and O–H groups in total. The smallest absolute Gasteiger partial charge is 0.314 e. The van der Waals surface area contributed by atoms with Crippen LogP contribution in [0.25, 0.3) is 0 Å². The zero-order chi connectivity index (χ0) is 19.2. The van der Waals surface area contributed by atoms with E-state index in [4.69, 9.17) is 4.42 Å². The molecular formula is C22H30N4O2. The van der Waals surface area contributed by atoms with Gasteiger partial charge in [0, 0.05) is 31.9 Å². The van der Waals surface area contributed by atoms with Crippen molar-refractivity contribution in [2.45, 2.75) is 31.7 Å². The van der Waals surface area contributed by atoms with E-state index < -0.39 is 0 Å². The standard InChI is InChI=1S/C22H30N4O2/c27-22(23-11-6-14-26-15-10-18-7-1-2-8-19(18)26)24-17-20(21-9-5-16-28-21)25-12-3-4-13-25/h1-2,5,7-9,16,20H,3-4,6,10-15,17H2,(H2,23,24,27). The van der Waals surface area contributed by atoms with E-state index in [1.54, 1.807) is 6.26 Å². The average molecular weight is 383 g/mol. The maximum atomic E-state index is 12.2. The average Bonchev–Trinajstić information content (AvgIpc) is 3.48. The van der Waals surface area contributed by atoms with Gasteiger partial charge < -0.3 is 20.0 Å². The lowest BCUT2D eigenvalue weighted by Gasteiger charge is -2.26. The van der Waals surface area contributed by atoms with E-state index in [9.17, 15) is 4.79 Å². The van der Waals surface area contributed by atoms with E-state index in [0.717, 1.165) is 44.8 Å². The number of anilines is 1. The molecule has 1 fully saturated rings. The first-order valence-electron chi connectivity index (χ1n) is 10.4. The molecule has 3 heterocycles. The number of hydrogen-bond donors (Lipinski definition) is 2. The minimum atomic E-state index is -0.0995. The lowest BCUT2D eigenvalue weighted by Crippen LogP contribution is -2.42. The van der Waals surface area contributed by atoms with Crippen LogP contribution < -0.4 is 15.5 Å². The lowest BCUT2D eigenvalue weighted by molar-refractivity contribution is 0.203. The van der Waals surface area contributed by atoms with Crippen LogP contribution in [0.2, 0.25) is 0 Å². The van der Waals surface area contributed by atoms with Gasteiger partial charge in [-0.25, -0.2) is 4.79 Å². The first kappa shape index (κ1) is 18.9. The summed E-state index contributed by atoms with van der Waals surface area (Å²) in [5, 5.41) is 6.02. The van der Waals surface area contributed by atoms with E-state index in [0.29, 0.717) is 13.1 Å². The third-order valence-electron chi connectivity index (χ3n) is 5.78. The number of carbonyl (C=O) groups is 1. The second-order valence-corrected chi connectivity index (χ2v) is 7.63. The highest BCUT2D eigenvalue weighted by Gasteiger charge is 2.25. The Balaban J connectivity index is 1.18. The summed E-state index contributed by atoms with van der Waals surface area (Å²) in [6.07, 6.45) is 6.19. The molecule has 0 spiro atoms. The largest absolute Gasteiger partial charge is 0.468 e. The van der Waals surface area contributed by atoms with Gasteiger partial charge in [-0.05, 0) is 62.5 Å². The summed E-state index contributed by atoms with van der Waals surface area (Å²) in [7, 11) is 0.